The third-order valence-corrected chi connectivity index (χ3v) is 3.94. The molecule has 0 radical (unpaired) electrons. The number of rotatable bonds is 10. The van der Waals surface area contributed by atoms with E-state index < -0.39 is 0 Å². The second-order valence-electron chi connectivity index (χ2n) is 5.70. The molecule has 0 aliphatic carbocycles. The van der Waals surface area contributed by atoms with Crippen LogP contribution in [0.5, 0.6) is 0 Å². The molecular weight excluding hydrogens is 222 g/mol. The number of nitrogens with two attached hydrogens (primary N) is 1. The summed E-state index contributed by atoms with van der Waals surface area (Å²) in [6.45, 7) is 8.20. The molecule has 0 bridgehead atoms. The third-order valence-electron chi connectivity index (χ3n) is 3.94. The van der Waals surface area contributed by atoms with Gasteiger partial charge in [0.2, 0.25) is 0 Å². The number of piperidine rings is 1. The van der Waals surface area contributed by atoms with Crippen LogP contribution in [-0.2, 0) is 0 Å². The van der Waals surface area contributed by atoms with Gasteiger partial charge in [-0.05, 0) is 38.9 Å². The van der Waals surface area contributed by atoms with Gasteiger partial charge in [0.05, 0.1) is 0 Å². The molecule has 0 unspecified atom stereocenters. The molecule has 3 N–H and O–H groups in total. The fourth-order valence-electron chi connectivity index (χ4n) is 2.57. The maximum Gasteiger partial charge on any atom is 0.0107 e. The SMILES string of the molecule is CCCCCCCCNCCN1CCC(N)CC1. The molecule has 0 amide bonds. The van der Waals surface area contributed by atoms with Crippen molar-refractivity contribution in [1.82, 2.24) is 10.2 Å². The molecule has 1 fully saturated rings. The monoisotopic (exact) mass is 255 g/mol. The molecule has 1 saturated heterocycles. The lowest BCUT2D eigenvalue weighted by Crippen LogP contribution is -2.42. The number of unbranched alkanes of at least 4 members (excludes halogenated alkanes) is 5. The van der Waals surface area contributed by atoms with Crippen molar-refractivity contribution < 1.29 is 0 Å². The standard InChI is InChI=1S/C15H33N3/c1-2-3-4-5-6-7-10-17-11-14-18-12-8-15(16)9-13-18/h15,17H,2-14,16H2,1H3. The van der Waals surface area contributed by atoms with E-state index in [0.29, 0.717) is 6.04 Å². The predicted octanol–water partition coefficient (Wildman–Crippen LogP) is 2.36. The van der Waals surface area contributed by atoms with Crippen LogP contribution in [0.3, 0.4) is 0 Å². The van der Waals surface area contributed by atoms with E-state index in [-0.39, 0.29) is 0 Å². The van der Waals surface area contributed by atoms with E-state index in [0.717, 1.165) is 6.54 Å². The second kappa shape index (κ2) is 10.8. The van der Waals surface area contributed by atoms with Gasteiger partial charge in [0.25, 0.3) is 0 Å². The van der Waals surface area contributed by atoms with Crippen LogP contribution in [0.15, 0.2) is 0 Å². The van der Waals surface area contributed by atoms with Crippen LogP contribution in [0.25, 0.3) is 0 Å². The zero-order valence-corrected chi connectivity index (χ0v) is 12.3. The largest absolute Gasteiger partial charge is 0.328 e. The number of likely N-dealkylation sites (tertiary alicyclic amines) is 1. The average molecular weight is 255 g/mol. The molecular formula is C15H33N3. The third kappa shape index (κ3) is 8.06. The Hall–Kier alpha value is -0.120. The Morgan fingerprint density at radius 3 is 2.39 bits per heavy atom. The summed E-state index contributed by atoms with van der Waals surface area (Å²) < 4.78 is 0. The Bertz CT molecular complexity index is 177. The minimum Gasteiger partial charge on any atom is -0.328 e. The molecule has 0 spiro atoms. The Labute approximate surface area is 113 Å². The highest BCUT2D eigenvalue weighted by atomic mass is 15.1. The molecule has 0 aromatic carbocycles. The van der Waals surface area contributed by atoms with E-state index in [1.807, 2.05) is 0 Å². The fraction of sp³-hybridized carbons (Fsp3) is 1.00. The van der Waals surface area contributed by atoms with Crippen LogP contribution < -0.4 is 11.1 Å². The molecule has 0 aromatic rings. The van der Waals surface area contributed by atoms with Gasteiger partial charge in [-0.1, -0.05) is 39.0 Å². The first-order chi connectivity index (χ1) is 8.83. The molecule has 0 atom stereocenters. The summed E-state index contributed by atoms with van der Waals surface area (Å²) in [5.74, 6) is 0. The second-order valence-corrected chi connectivity index (χ2v) is 5.70. The molecule has 1 aliphatic heterocycles. The van der Waals surface area contributed by atoms with Crippen molar-refractivity contribution in [2.24, 2.45) is 5.73 Å². The van der Waals surface area contributed by atoms with Gasteiger partial charge in [-0.25, -0.2) is 0 Å². The highest BCUT2D eigenvalue weighted by Crippen LogP contribution is 2.07. The number of hydrogen-bond acceptors (Lipinski definition) is 3. The lowest BCUT2D eigenvalue weighted by Gasteiger charge is -2.30. The van der Waals surface area contributed by atoms with Crippen molar-refractivity contribution in [3.63, 3.8) is 0 Å². The molecule has 18 heavy (non-hydrogen) atoms. The van der Waals surface area contributed by atoms with Crippen molar-refractivity contribution >= 4 is 0 Å². The Morgan fingerprint density at radius 1 is 1.00 bits per heavy atom. The van der Waals surface area contributed by atoms with E-state index in [1.54, 1.807) is 0 Å². The van der Waals surface area contributed by atoms with Gasteiger partial charge in [0.1, 0.15) is 0 Å². The maximum absolute atomic E-state index is 5.90. The smallest absolute Gasteiger partial charge is 0.0107 e. The van der Waals surface area contributed by atoms with E-state index in [4.69, 9.17) is 5.73 Å². The molecule has 1 rings (SSSR count). The van der Waals surface area contributed by atoms with Gasteiger partial charge in [0.15, 0.2) is 0 Å². The lowest BCUT2D eigenvalue weighted by molar-refractivity contribution is 0.213. The zero-order chi connectivity index (χ0) is 13.1. The topological polar surface area (TPSA) is 41.3 Å². The van der Waals surface area contributed by atoms with Crippen LogP contribution in [0, 0.1) is 0 Å². The summed E-state index contributed by atoms with van der Waals surface area (Å²) in [4.78, 5) is 2.54. The van der Waals surface area contributed by atoms with E-state index in [1.165, 1.54) is 77.5 Å². The molecule has 3 nitrogen and oxygen atoms in total. The Kier molecular flexibility index (Phi) is 9.54. The van der Waals surface area contributed by atoms with E-state index in [2.05, 4.69) is 17.1 Å². The molecule has 3 heteroatoms. The van der Waals surface area contributed by atoms with Gasteiger partial charge in [-0.15, -0.1) is 0 Å². The maximum atomic E-state index is 5.90. The van der Waals surface area contributed by atoms with Crippen LogP contribution in [-0.4, -0.2) is 43.7 Å². The van der Waals surface area contributed by atoms with Crippen LogP contribution in [0.4, 0.5) is 0 Å². The highest BCUT2D eigenvalue weighted by molar-refractivity contribution is 4.74. The van der Waals surface area contributed by atoms with Gasteiger partial charge < -0.3 is 16.0 Å². The first-order valence-electron chi connectivity index (χ1n) is 8.01. The van der Waals surface area contributed by atoms with Crippen molar-refractivity contribution in [2.45, 2.75) is 64.3 Å². The van der Waals surface area contributed by atoms with Crippen molar-refractivity contribution in [1.29, 1.82) is 0 Å². The lowest BCUT2D eigenvalue weighted by atomic mass is 10.1. The van der Waals surface area contributed by atoms with Crippen LogP contribution >= 0.6 is 0 Å². The summed E-state index contributed by atoms with van der Waals surface area (Å²) in [5.41, 5.74) is 5.90. The average Bonchev–Trinajstić information content (AvgIpc) is 2.39. The molecule has 0 saturated carbocycles. The van der Waals surface area contributed by atoms with Crippen molar-refractivity contribution in [3.8, 4) is 0 Å². The van der Waals surface area contributed by atoms with Gasteiger partial charge in [-0.2, -0.15) is 0 Å². The van der Waals surface area contributed by atoms with Gasteiger partial charge >= 0.3 is 0 Å². The Balaban J connectivity index is 1.78. The first kappa shape index (κ1) is 15.9. The Morgan fingerprint density at radius 2 is 1.67 bits per heavy atom. The summed E-state index contributed by atoms with van der Waals surface area (Å²) in [6.07, 6.45) is 10.7. The number of nitrogens with zero attached hydrogens (tertiary/aromatic N) is 1. The minimum absolute atomic E-state index is 0.456. The molecule has 108 valence electrons. The zero-order valence-electron chi connectivity index (χ0n) is 12.3. The minimum atomic E-state index is 0.456. The normalized spacial score (nSPS) is 18.3. The van der Waals surface area contributed by atoms with Gasteiger partial charge in [-0.3, -0.25) is 0 Å². The van der Waals surface area contributed by atoms with Crippen LogP contribution in [0.2, 0.25) is 0 Å². The quantitative estimate of drug-likeness (QED) is 0.589. The molecule has 0 aromatic heterocycles. The summed E-state index contributed by atoms with van der Waals surface area (Å²) in [5, 5.41) is 3.56. The predicted molar refractivity (Wildman–Crippen MR) is 79.9 cm³/mol. The number of nitrogens with one attached hydrogen (secondary N) is 1. The molecule has 1 heterocycles. The summed E-state index contributed by atoms with van der Waals surface area (Å²) in [7, 11) is 0. The van der Waals surface area contributed by atoms with Crippen molar-refractivity contribution in [2.75, 3.05) is 32.7 Å². The van der Waals surface area contributed by atoms with Crippen LogP contribution in [0.1, 0.15) is 58.3 Å². The summed E-state index contributed by atoms with van der Waals surface area (Å²) in [6, 6.07) is 0.456. The fourth-order valence-corrected chi connectivity index (χ4v) is 2.57. The first-order valence-corrected chi connectivity index (χ1v) is 8.01. The molecule has 1 aliphatic rings. The number of hydrogen-bond donors (Lipinski definition) is 2. The van der Waals surface area contributed by atoms with Gasteiger partial charge in [0, 0.05) is 19.1 Å². The van der Waals surface area contributed by atoms with E-state index >= 15 is 0 Å². The highest BCUT2D eigenvalue weighted by Gasteiger charge is 2.14. The van der Waals surface area contributed by atoms with Crippen molar-refractivity contribution in [3.05, 3.63) is 0 Å². The van der Waals surface area contributed by atoms with E-state index in [9.17, 15) is 0 Å². The summed E-state index contributed by atoms with van der Waals surface area (Å²) >= 11 is 0.